The van der Waals surface area contributed by atoms with E-state index in [1.807, 2.05) is 0 Å². The fourth-order valence-electron chi connectivity index (χ4n) is 2.31. The average molecular weight is 285 g/mol. The highest BCUT2D eigenvalue weighted by atomic mass is 32.2. The van der Waals surface area contributed by atoms with E-state index < -0.39 is 0 Å². The van der Waals surface area contributed by atoms with Crippen molar-refractivity contribution >= 4 is 11.8 Å². The minimum absolute atomic E-state index is 0.399. The van der Waals surface area contributed by atoms with Crippen LogP contribution in [0.25, 0.3) is 0 Å². The molecule has 1 nitrogen and oxygen atoms in total. The molecule has 20 heavy (non-hydrogen) atoms. The minimum atomic E-state index is 0.399. The van der Waals surface area contributed by atoms with Gasteiger partial charge in [0.25, 0.3) is 0 Å². The first-order chi connectivity index (χ1) is 9.69. The van der Waals surface area contributed by atoms with Crippen molar-refractivity contribution in [3.8, 4) is 0 Å². The number of benzene rings is 2. The number of nitrogens with one attached hydrogen (secondary N) is 1. The Labute approximate surface area is 126 Å². The van der Waals surface area contributed by atoms with Crippen molar-refractivity contribution in [2.75, 3.05) is 12.8 Å². The standard InChI is InChI=1S/C18H23NS/c1-14-5-4-6-16(13-14)11-12-19-15(2)17-7-9-18(20-3)10-8-17/h4-10,13,15,19H,11-12H2,1-3H3. The molecule has 106 valence electrons. The summed E-state index contributed by atoms with van der Waals surface area (Å²) >= 11 is 1.79. The Hall–Kier alpha value is -1.25. The highest BCUT2D eigenvalue weighted by molar-refractivity contribution is 7.98. The van der Waals surface area contributed by atoms with Crippen LogP contribution in [-0.4, -0.2) is 12.8 Å². The summed E-state index contributed by atoms with van der Waals surface area (Å²) in [5, 5.41) is 3.60. The van der Waals surface area contributed by atoms with Crippen LogP contribution in [0, 0.1) is 6.92 Å². The van der Waals surface area contributed by atoms with Crippen LogP contribution in [-0.2, 0) is 6.42 Å². The predicted molar refractivity (Wildman–Crippen MR) is 89.5 cm³/mol. The van der Waals surface area contributed by atoms with Gasteiger partial charge in [-0.15, -0.1) is 11.8 Å². The zero-order chi connectivity index (χ0) is 14.4. The van der Waals surface area contributed by atoms with Crippen molar-refractivity contribution in [3.05, 3.63) is 65.2 Å². The molecule has 0 spiro atoms. The van der Waals surface area contributed by atoms with Crippen LogP contribution < -0.4 is 5.32 Å². The lowest BCUT2D eigenvalue weighted by molar-refractivity contribution is 0.576. The maximum Gasteiger partial charge on any atom is 0.0291 e. The lowest BCUT2D eigenvalue weighted by Crippen LogP contribution is -2.21. The highest BCUT2D eigenvalue weighted by Crippen LogP contribution is 2.18. The van der Waals surface area contributed by atoms with E-state index in [1.165, 1.54) is 21.6 Å². The van der Waals surface area contributed by atoms with Gasteiger partial charge in [0.2, 0.25) is 0 Å². The van der Waals surface area contributed by atoms with E-state index in [-0.39, 0.29) is 0 Å². The Balaban J connectivity index is 1.83. The van der Waals surface area contributed by atoms with Crippen molar-refractivity contribution < 1.29 is 0 Å². The molecular formula is C18H23NS. The van der Waals surface area contributed by atoms with Crippen molar-refractivity contribution in [3.63, 3.8) is 0 Å². The van der Waals surface area contributed by atoms with Crippen LogP contribution in [0.4, 0.5) is 0 Å². The molecule has 0 aliphatic rings. The number of aryl methyl sites for hydroxylation is 1. The Kier molecular flexibility index (Phi) is 5.69. The molecule has 0 saturated heterocycles. The minimum Gasteiger partial charge on any atom is -0.310 e. The summed E-state index contributed by atoms with van der Waals surface area (Å²) < 4.78 is 0. The van der Waals surface area contributed by atoms with E-state index >= 15 is 0 Å². The molecule has 2 aromatic carbocycles. The maximum absolute atomic E-state index is 3.60. The van der Waals surface area contributed by atoms with E-state index in [1.54, 1.807) is 11.8 Å². The maximum atomic E-state index is 3.60. The highest BCUT2D eigenvalue weighted by Gasteiger charge is 2.04. The third-order valence-electron chi connectivity index (χ3n) is 3.56. The Morgan fingerprint density at radius 1 is 1.10 bits per heavy atom. The van der Waals surface area contributed by atoms with Gasteiger partial charge in [0.05, 0.1) is 0 Å². The molecule has 0 fully saturated rings. The second kappa shape index (κ2) is 7.51. The summed E-state index contributed by atoms with van der Waals surface area (Å²) in [7, 11) is 0. The van der Waals surface area contributed by atoms with Crippen LogP contribution in [0.3, 0.4) is 0 Å². The molecular weight excluding hydrogens is 262 g/mol. The Bertz CT molecular complexity index is 533. The smallest absolute Gasteiger partial charge is 0.0291 e. The van der Waals surface area contributed by atoms with Crippen molar-refractivity contribution in [1.29, 1.82) is 0 Å². The molecule has 1 unspecified atom stereocenters. The normalized spacial score (nSPS) is 12.3. The fourth-order valence-corrected chi connectivity index (χ4v) is 2.72. The number of rotatable bonds is 6. The largest absolute Gasteiger partial charge is 0.310 e. The number of hydrogen-bond donors (Lipinski definition) is 1. The van der Waals surface area contributed by atoms with E-state index in [0.717, 1.165) is 13.0 Å². The molecule has 0 aromatic heterocycles. The van der Waals surface area contributed by atoms with Gasteiger partial charge in [0.1, 0.15) is 0 Å². The average Bonchev–Trinajstić information content (AvgIpc) is 2.47. The van der Waals surface area contributed by atoms with Crippen LogP contribution >= 0.6 is 11.8 Å². The van der Waals surface area contributed by atoms with E-state index in [4.69, 9.17) is 0 Å². The van der Waals surface area contributed by atoms with Gasteiger partial charge < -0.3 is 5.32 Å². The van der Waals surface area contributed by atoms with Gasteiger partial charge in [0.15, 0.2) is 0 Å². The molecule has 2 rings (SSSR count). The first kappa shape index (κ1) is 15.1. The monoisotopic (exact) mass is 285 g/mol. The zero-order valence-electron chi connectivity index (χ0n) is 12.5. The van der Waals surface area contributed by atoms with Gasteiger partial charge in [-0.2, -0.15) is 0 Å². The summed E-state index contributed by atoms with van der Waals surface area (Å²) in [5.41, 5.74) is 4.10. The van der Waals surface area contributed by atoms with Gasteiger partial charge in [-0.1, -0.05) is 42.0 Å². The van der Waals surface area contributed by atoms with Crippen LogP contribution in [0.15, 0.2) is 53.4 Å². The van der Waals surface area contributed by atoms with Gasteiger partial charge in [-0.3, -0.25) is 0 Å². The van der Waals surface area contributed by atoms with Crippen molar-refractivity contribution in [1.82, 2.24) is 5.32 Å². The summed E-state index contributed by atoms with van der Waals surface area (Å²) in [4.78, 5) is 1.32. The third kappa shape index (κ3) is 4.39. The summed E-state index contributed by atoms with van der Waals surface area (Å²) in [6.45, 7) is 5.38. The van der Waals surface area contributed by atoms with Crippen LogP contribution in [0.2, 0.25) is 0 Å². The molecule has 1 atom stereocenters. The van der Waals surface area contributed by atoms with Crippen molar-refractivity contribution in [2.24, 2.45) is 0 Å². The zero-order valence-corrected chi connectivity index (χ0v) is 13.3. The number of hydrogen-bond acceptors (Lipinski definition) is 2. The summed E-state index contributed by atoms with van der Waals surface area (Å²) in [6, 6.07) is 18.0. The first-order valence-corrected chi connectivity index (χ1v) is 8.34. The second-order valence-electron chi connectivity index (χ2n) is 5.19. The van der Waals surface area contributed by atoms with Gasteiger partial charge in [0, 0.05) is 10.9 Å². The second-order valence-corrected chi connectivity index (χ2v) is 6.07. The predicted octanol–water partition coefficient (Wildman–Crippen LogP) is 4.61. The molecule has 1 N–H and O–H groups in total. The molecule has 0 saturated carbocycles. The first-order valence-electron chi connectivity index (χ1n) is 7.12. The molecule has 2 heteroatoms. The molecule has 0 aliphatic heterocycles. The lowest BCUT2D eigenvalue weighted by Gasteiger charge is -2.14. The quantitative estimate of drug-likeness (QED) is 0.778. The number of thioether (sulfide) groups is 1. The van der Waals surface area contributed by atoms with Crippen LogP contribution in [0.1, 0.15) is 29.7 Å². The molecule has 0 radical (unpaired) electrons. The fraction of sp³-hybridized carbons (Fsp3) is 0.333. The van der Waals surface area contributed by atoms with E-state index in [2.05, 4.69) is 74.0 Å². The Morgan fingerprint density at radius 2 is 1.85 bits per heavy atom. The molecule has 2 aromatic rings. The van der Waals surface area contributed by atoms with Gasteiger partial charge >= 0.3 is 0 Å². The van der Waals surface area contributed by atoms with Crippen molar-refractivity contribution in [2.45, 2.75) is 31.2 Å². The SMILES string of the molecule is CSc1ccc(C(C)NCCc2cccc(C)c2)cc1. The molecule has 0 bridgehead atoms. The van der Waals surface area contributed by atoms with Gasteiger partial charge in [-0.25, -0.2) is 0 Å². The third-order valence-corrected chi connectivity index (χ3v) is 4.31. The molecule has 0 amide bonds. The lowest BCUT2D eigenvalue weighted by atomic mass is 10.1. The molecule has 0 aliphatic carbocycles. The van der Waals surface area contributed by atoms with Gasteiger partial charge in [-0.05, 0) is 56.3 Å². The van der Waals surface area contributed by atoms with E-state index in [9.17, 15) is 0 Å². The van der Waals surface area contributed by atoms with Crippen LogP contribution in [0.5, 0.6) is 0 Å². The molecule has 0 heterocycles. The summed E-state index contributed by atoms with van der Waals surface area (Å²) in [6.07, 6.45) is 3.19. The Morgan fingerprint density at radius 3 is 2.50 bits per heavy atom. The topological polar surface area (TPSA) is 12.0 Å². The summed E-state index contributed by atoms with van der Waals surface area (Å²) in [5.74, 6) is 0. The van der Waals surface area contributed by atoms with E-state index in [0.29, 0.717) is 6.04 Å².